The molecule has 1 saturated carbocycles. The molecule has 0 aromatic carbocycles. The normalized spacial score (nSPS) is 29.6. The topological polar surface area (TPSA) is 20.2 Å². The standard InChI is InChI=1S/C12H24OS/c1-11-6-3-2-4-7-12(10-11)14-9-5-8-13/h11-13H,2-10H2,1H3. The molecule has 0 amide bonds. The molecule has 1 aliphatic carbocycles. The van der Waals surface area contributed by atoms with Crippen molar-refractivity contribution in [3.63, 3.8) is 0 Å². The number of rotatable bonds is 4. The van der Waals surface area contributed by atoms with Crippen molar-refractivity contribution < 1.29 is 5.11 Å². The molecular formula is C12H24OS. The molecule has 0 saturated heterocycles. The summed E-state index contributed by atoms with van der Waals surface area (Å²) >= 11 is 2.09. The molecule has 0 aromatic rings. The van der Waals surface area contributed by atoms with E-state index in [-0.39, 0.29) is 0 Å². The summed E-state index contributed by atoms with van der Waals surface area (Å²) in [4.78, 5) is 0. The van der Waals surface area contributed by atoms with Crippen LogP contribution < -0.4 is 0 Å². The summed E-state index contributed by atoms with van der Waals surface area (Å²) < 4.78 is 0. The lowest BCUT2D eigenvalue weighted by Gasteiger charge is -2.23. The molecule has 0 heterocycles. The highest BCUT2D eigenvalue weighted by Crippen LogP contribution is 2.29. The van der Waals surface area contributed by atoms with Crippen LogP contribution in [0.15, 0.2) is 0 Å². The van der Waals surface area contributed by atoms with Crippen molar-refractivity contribution in [3.05, 3.63) is 0 Å². The maximum atomic E-state index is 8.73. The minimum absolute atomic E-state index is 0.356. The third kappa shape index (κ3) is 5.26. The minimum Gasteiger partial charge on any atom is -0.396 e. The Balaban J connectivity index is 2.18. The van der Waals surface area contributed by atoms with Gasteiger partial charge >= 0.3 is 0 Å². The van der Waals surface area contributed by atoms with Crippen LogP contribution in [-0.4, -0.2) is 22.7 Å². The molecule has 0 spiro atoms. The van der Waals surface area contributed by atoms with Crippen LogP contribution in [0.1, 0.15) is 51.9 Å². The molecule has 2 heteroatoms. The van der Waals surface area contributed by atoms with Gasteiger partial charge in [0, 0.05) is 11.9 Å². The second-order valence-corrected chi connectivity index (χ2v) is 5.96. The van der Waals surface area contributed by atoms with Gasteiger partial charge in [-0.25, -0.2) is 0 Å². The fraction of sp³-hybridized carbons (Fsp3) is 1.00. The Morgan fingerprint density at radius 1 is 1.21 bits per heavy atom. The SMILES string of the molecule is CC1CCCCCC(SCCCO)C1. The molecule has 84 valence electrons. The minimum atomic E-state index is 0.356. The van der Waals surface area contributed by atoms with Gasteiger partial charge in [-0.2, -0.15) is 11.8 Å². The summed E-state index contributed by atoms with van der Waals surface area (Å²) in [5.74, 6) is 2.07. The summed E-state index contributed by atoms with van der Waals surface area (Å²) in [5, 5.41) is 9.61. The number of aliphatic hydroxyl groups excluding tert-OH is 1. The van der Waals surface area contributed by atoms with E-state index in [1.54, 1.807) is 0 Å². The van der Waals surface area contributed by atoms with E-state index >= 15 is 0 Å². The molecular weight excluding hydrogens is 192 g/mol. The average Bonchev–Trinajstić information content (AvgIpc) is 2.13. The van der Waals surface area contributed by atoms with Crippen LogP contribution in [0.25, 0.3) is 0 Å². The lowest BCUT2D eigenvalue weighted by molar-refractivity contribution is 0.296. The van der Waals surface area contributed by atoms with E-state index in [0.29, 0.717) is 6.61 Å². The van der Waals surface area contributed by atoms with Gasteiger partial charge < -0.3 is 5.11 Å². The summed E-state index contributed by atoms with van der Waals surface area (Å²) in [6, 6.07) is 0. The summed E-state index contributed by atoms with van der Waals surface area (Å²) in [6.45, 7) is 2.75. The quantitative estimate of drug-likeness (QED) is 0.726. The van der Waals surface area contributed by atoms with E-state index in [0.717, 1.165) is 23.3 Å². The smallest absolute Gasteiger partial charge is 0.0438 e. The Morgan fingerprint density at radius 3 is 2.79 bits per heavy atom. The fourth-order valence-corrected chi connectivity index (χ4v) is 3.62. The van der Waals surface area contributed by atoms with Crippen molar-refractivity contribution >= 4 is 11.8 Å². The largest absolute Gasteiger partial charge is 0.396 e. The van der Waals surface area contributed by atoms with Crippen molar-refractivity contribution in [2.75, 3.05) is 12.4 Å². The van der Waals surface area contributed by atoms with Gasteiger partial charge in [0.2, 0.25) is 0 Å². The Labute approximate surface area is 92.7 Å². The van der Waals surface area contributed by atoms with Crippen molar-refractivity contribution in [2.24, 2.45) is 5.92 Å². The molecule has 0 bridgehead atoms. The first-order valence-electron chi connectivity index (χ1n) is 6.05. The predicted octanol–water partition coefficient (Wildman–Crippen LogP) is 3.46. The Kier molecular flexibility index (Phi) is 6.70. The molecule has 0 radical (unpaired) electrons. The number of hydrogen-bond acceptors (Lipinski definition) is 2. The molecule has 2 atom stereocenters. The van der Waals surface area contributed by atoms with E-state index in [9.17, 15) is 0 Å². The van der Waals surface area contributed by atoms with Gasteiger partial charge in [0.15, 0.2) is 0 Å². The van der Waals surface area contributed by atoms with Gasteiger partial charge in [0.25, 0.3) is 0 Å². The highest BCUT2D eigenvalue weighted by Gasteiger charge is 2.15. The molecule has 0 aliphatic heterocycles. The number of thioether (sulfide) groups is 1. The molecule has 1 rings (SSSR count). The van der Waals surface area contributed by atoms with Crippen molar-refractivity contribution in [1.29, 1.82) is 0 Å². The van der Waals surface area contributed by atoms with Gasteiger partial charge in [-0.05, 0) is 30.9 Å². The third-order valence-corrected chi connectivity index (χ3v) is 4.47. The summed E-state index contributed by atoms with van der Waals surface area (Å²) in [6.07, 6.45) is 9.49. The zero-order valence-electron chi connectivity index (χ0n) is 9.37. The molecule has 2 unspecified atom stereocenters. The maximum Gasteiger partial charge on any atom is 0.0438 e. The molecule has 1 fully saturated rings. The zero-order chi connectivity index (χ0) is 10.2. The molecule has 14 heavy (non-hydrogen) atoms. The second kappa shape index (κ2) is 7.58. The van der Waals surface area contributed by atoms with Crippen LogP contribution >= 0.6 is 11.8 Å². The first-order chi connectivity index (χ1) is 6.83. The molecule has 1 nitrogen and oxygen atoms in total. The van der Waals surface area contributed by atoms with E-state index in [2.05, 4.69) is 18.7 Å². The van der Waals surface area contributed by atoms with E-state index in [1.165, 1.54) is 38.5 Å². The molecule has 1 aliphatic rings. The monoisotopic (exact) mass is 216 g/mol. The van der Waals surface area contributed by atoms with Crippen LogP contribution in [0.3, 0.4) is 0 Å². The first kappa shape index (κ1) is 12.4. The number of hydrogen-bond donors (Lipinski definition) is 1. The van der Waals surface area contributed by atoms with Gasteiger partial charge in [-0.3, -0.25) is 0 Å². The van der Waals surface area contributed by atoms with Crippen LogP contribution in [0.4, 0.5) is 0 Å². The highest BCUT2D eigenvalue weighted by molar-refractivity contribution is 7.99. The van der Waals surface area contributed by atoms with Crippen LogP contribution in [0, 0.1) is 5.92 Å². The van der Waals surface area contributed by atoms with Crippen molar-refractivity contribution in [1.82, 2.24) is 0 Å². The number of aliphatic hydroxyl groups is 1. The van der Waals surface area contributed by atoms with Crippen molar-refractivity contribution in [3.8, 4) is 0 Å². The van der Waals surface area contributed by atoms with Crippen LogP contribution in [0.2, 0.25) is 0 Å². The summed E-state index contributed by atoms with van der Waals surface area (Å²) in [7, 11) is 0. The van der Waals surface area contributed by atoms with Crippen LogP contribution in [-0.2, 0) is 0 Å². The first-order valence-corrected chi connectivity index (χ1v) is 7.10. The Hall–Kier alpha value is 0.310. The van der Waals surface area contributed by atoms with Crippen molar-refractivity contribution in [2.45, 2.75) is 57.1 Å². The third-order valence-electron chi connectivity index (χ3n) is 3.04. The average molecular weight is 216 g/mol. The van der Waals surface area contributed by atoms with E-state index in [1.807, 2.05) is 0 Å². The summed E-state index contributed by atoms with van der Waals surface area (Å²) in [5.41, 5.74) is 0. The van der Waals surface area contributed by atoms with E-state index < -0.39 is 0 Å². The fourth-order valence-electron chi connectivity index (χ4n) is 2.19. The molecule has 0 aromatic heterocycles. The predicted molar refractivity (Wildman–Crippen MR) is 64.8 cm³/mol. The maximum absolute atomic E-state index is 8.73. The zero-order valence-corrected chi connectivity index (χ0v) is 10.2. The van der Waals surface area contributed by atoms with E-state index in [4.69, 9.17) is 5.11 Å². The second-order valence-electron chi connectivity index (χ2n) is 4.55. The van der Waals surface area contributed by atoms with Crippen LogP contribution in [0.5, 0.6) is 0 Å². The lowest BCUT2D eigenvalue weighted by atomic mass is 9.92. The van der Waals surface area contributed by atoms with Gasteiger partial charge in [-0.1, -0.05) is 32.6 Å². The highest BCUT2D eigenvalue weighted by atomic mass is 32.2. The van der Waals surface area contributed by atoms with Gasteiger partial charge in [-0.15, -0.1) is 0 Å². The molecule has 1 N–H and O–H groups in total. The lowest BCUT2D eigenvalue weighted by Crippen LogP contribution is -2.12. The van der Waals surface area contributed by atoms with Gasteiger partial charge in [0.1, 0.15) is 0 Å². The van der Waals surface area contributed by atoms with Gasteiger partial charge in [0.05, 0.1) is 0 Å². The Morgan fingerprint density at radius 2 is 2.00 bits per heavy atom. The Bertz CT molecular complexity index is 138.